The lowest BCUT2D eigenvalue weighted by Gasteiger charge is -2.16. The van der Waals surface area contributed by atoms with Crippen molar-refractivity contribution in [2.45, 2.75) is 12.5 Å². The van der Waals surface area contributed by atoms with E-state index in [4.69, 9.17) is 10.5 Å². The van der Waals surface area contributed by atoms with Crippen molar-refractivity contribution in [2.24, 2.45) is 5.73 Å². The number of ether oxygens (including phenoxy) is 1. The van der Waals surface area contributed by atoms with E-state index >= 15 is 0 Å². The lowest BCUT2D eigenvalue weighted by molar-refractivity contribution is 0.408. The number of hydrogen-bond acceptors (Lipinski definition) is 2. The molecule has 2 nitrogen and oxygen atoms in total. The van der Waals surface area contributed by atoms with Crippen LogP contribution in [0.15, 0.2) is 45.3 Å². The molecule has 0 radical (unpaired) electrons. The first-order chi connectivity index (χ1) is 9.51. The second kappa shape index (κ2) is 6.70. The molecule has 0 saturated heterocycles. The Balaban J connectivity index is 2.29. The predicted molar refractivity (Wildman–Crippen MR) is 85.4 cm³/mol. The van der Waals surface area contributed by atoms with Crippen LogP contribution in [-0.4, -0.2) is 7.11 Å². The summed E-state index contributed by atoms with van der Waals surface area (Å²) in [5, 5.41) is 0. The largest absolute Gasteiger partial charge is 0.496 e. The van der Waals surface area contributed by atoms with E-state index in [1.54, 1.807) is 13.2 Å². The molecule has 0 spiro atoms. The van der Waals surface area contributed by atoms with Crippen molar-refractivity contribution in [1.29, 1.82) is 0 Å². The fourth-order valence-electron chi connectivity index (χ4n) is 2.05. The Morgan fingerprint density at radius 3 is 2.65 bits per heavy atom. The van der Waals surface area contributed by atoms with Gasteiger partial charge in [0.05, 0.1) is 7.11 Å². The van der Waals surface area contributed by atoms with Gasteiger partial charge >= 0.3 is 0 Å². The van der Waals surface area contributed by atoms with Crippen LogP contribution >= 0.6 is 31.9 Å². The van der Waals surface area contributed by atoms with Crippen LogP contribution in [0.25, 0.3) is 0 Å². The molecule has 2 aromatic carbocycles. The van der Waals surface area contributed by atoms with Crippen LogP contribution in [-0.2, 0) is 6.42 Å². The maximum Gasteiger partial charge on any atom is 0.123 e. The maximum absolute atomic E-state index is 13.3. The van der Waals surface area contributed by atoms with E-state index in [-0.39, 0.29) is 11.9 Å². The van der Waals surface area contributed by atoms with Crippen LogP contribution in [0.5, 0.6) is 5.75 Å². The van der Waals surface area contributed by atoms with Gasteiger partial charge in [0.15, 0.2) is 0 Å². The van der Waals surface area contributed by atoms with E-state index in [0.29, 0.717) is 6.42 Å². The highest BCUT2D eigenvalue weighted by Crippen LogP contribution is 2.30. The Bertz CT molecular complexity index is 619. The molecule has 2 N–H and O–H groups in total. The van der Waals surface area contributed by atoms with Crippen molar-refractivity contribution in [3.63, 3.8) is 0 Å². The van der Waals surface area contributed by atoms with E-state index in [2.05, 4.69) is 31.9 Å². The number of halogens is 3. The van der Waals surface area contributed by atoms with Crippen LogP contribution in [0, 0.1) is 5.82 Å². The van der Waals surface area contributed by atoms with Crippen LogP contribution in [0.2, 0.25) is 0 Å². The molecule has 0 aromatic heterocycles. The standard InChI is InChI=1S/C15H14Br2FNO/c1-20-15-5-2-10(16)6-9(15)7-14(19)12-8-11(18)3-4-13(12)17/h2-6,8,14H,7,19H2,1H3. The first kappa shape index (κ1) is 15.5. The molecule has 1 atom stereocenters. The molecule has 20 heavy (non-hydrogen) atoms. The summed E-state index contributed by atoms with van der Waals surface area (Å²) in [6, 6.07) is 9.97. The Morgan fingerprint density at radius 1 is 1.20 bits per heavy atom. The zero-order valence-electron chi connectivity index (χ0n) is 10.9. The van der Waals surface area contributed by atoms with Gasteiger partial charge in [0.2, 0.25) is 0 Å². The summed E-state index contributed by atoms with van der Waals surface area (Å²) in [6.45, 7) is 0. The highest BCUT2D eigenvalue weighted by Gasteiger charge is 2.14. The van der Waals surface area contributed by atoms with Crippen LogP contribution in [0.4, 0.5) is 4.39 Å². The van der Waals surface area contributed by atoms with Gasteiger partial charge < -0.3 is 10.5 Å². The van der Waals surface area contributed by atoms with Crippen LogP contribution in [0.1, 0.15) is 17.2 Å². The molecule has 5 heteroatoms. The second-order valence-corrected chi connectivity index (χ2v) is 6.20. The van der Waals surface area contributed by atoms with Gasteiger partial charge in [-0.3, -0.25) is 0 Å². The van der Waals surface area contributed by atoms with E-state index in [1.807, 2.05) is 18.2 Å². The molecule has 0 saturated carbocycles. The van der Waals surface area contributed by atoms with Crippen molar-refractivity contribution < 1.29 is 9.13 Å². The minimum atomic E-state index is -0.316. The predicted octanol–water partition coefficient (Wildman–Crippen LogP) is 4.60. The Kier molecular flexibility index (Phi) is 5.18. The smallest absolute Gasteiger partial charge is 0.123 e. The number of nitrogens with two attached hydrogens (primary N) is 1. The summed E-state index contributed by atoms with van der Waals surface area (Å²) in [5.41, 5.74) is 7.92. The first-order valence-electron chi connectivity index (χ1n) is 6.04. The third-order valence-corrected chi connectivity index (χ3v) is 4.26. The number of hydrogen-bond donors (Lipinski definition) is 1. The SMILES string of the molecule is COc1ccc(Br)cc1CC(N)c1cc(F)ccc1Br. The zero-order chi connectivity index (χ0) is 14.7. The van der Waals surface area contributed by atoms with E-state index < -0.39 is 0 Å². The third-order valence-electron chi connectivity index (χ3n) is 3.04. The summed E-state index contributed by atoms with van der Waals surface area (Å²) < 4.78 is 20.4. The Morgan fingerprint density at radius 2 is 1.95 bits per heavy atom. The first-order valence-corrected chi connectivity index (χ1v) is 7.63. The summed E-state index contributed by atoms with van der Waals surface area (Å²) in [6.07, 6.45) is 0.560. The van der Waals surface area contributed by atoms with Gasteiger partial charge in [-0.1, -0.05) is 31.9 Å². The molecule has 0 bridgehead atoms. The van der Waals surface area contributed by atoms with Gasteiger partial charge in [0.1, 0.15) is 11.6 Å². The monoisotopic (exact) mass is 401 g/mol. The number of rotatable bonds is 4. The van der Waals surface area contributed by atoms with Gasteiger partial charge in [0, 0.05) is 15.0 Å². The molecular weight excluding hydrogens is 389 g/mol. The maximum atomic E-state index is 13.3. The average Bonchev–Trinajstić information content (AvgIpc) is 2.41. The summed E-state index contributed by atoms with van der Waals surface area (Å²) >= 11 is 6.84. The van der Waals surface area contributed by atoms with Gasteiger partial charge in [0.25, 0.3) is 0 Å². The minimum absolute atomic E-state index is 0.292. The van der Waals surface area contributed by atoms with E-state index in [1.165, 1.54) is 12.1 Å². The number of benzene rings is 2. The van der Waals surface area contributed by atoms with E-state index in [0.717, 1.165) is 25.8 Å². The molecule has 2 aromatic rings. The molecule has 0 amide bonds. The molecular formula is C15H14Br2FNO. The molecule has 106 valence electrons. The summed E-state index contributed by atoms with van der Waals surface area (Å²) in [4.78, 5) is 0. The molecule has 0 fully saturated rings. The molecule has 0 aliphatic rings. The van der Waals surface area contributed by atoms with E-state index in [9.17, 15) is 4.39 Å². The summed E-state index contributed by atoms with van der Waals surface area (Å²) in [7, 11) is 1.62. The quantitative estimate of drug-likeness (QED) is 0.810. The lowest BCUT2D eigenvalue weighted by atomic mass is 9.99. The molecule has 0 heterocycles. The molecule has 1 unspecified atom stereocenters. The van der Waals surface area contributed by atoms with Crippen LogP contribution < -0.4 is 10.5 Å². The molecule has 0 aliphatic heterocycles. The van der Waals surface area contributed by atoms with Crippen molar-refractivity contribution in [2.75, 3.05) is 7.11 Å². The van der Waals surface area contributed by atoms with Crippen molar-refractivity contribution in [3.05, 3.63) is 62.3 Å². The summed E-state index contributed by atoms with van der Waals surface area (Å²) in [5.74, 6) is 0.482. The minimum Gasteiger partial charge on any atom is -0.496 e. The fourth-order valence-corrected chi connectivity index (χ4v) is 3.00. The normalized spacial score (nSPS) is 12.2. The van der Waals surface area contributed by atoms with Gasteiger partial charge in [-0.05, 0) is 53.9 Å². The highest BCUT2D eigenvalue weighted by molar-refractivity contribution is 9.10. The fraction of sp³-hybridized carbons (Fsp3) is 0.200. The third kappa shape index (κ3) is 3.59. The second-order valence-electron chi connectivity index (χ2n) is 4.43. The van der Waals surface area contributed by atoms with Crippen molar-refractivity contribution >= 4 is 31.9 Å². The van der Waals surface area contributed by atoms with Gasteiger partial charge in [-0.15, -0.1) is 0 Å². The van der Waals surface area contributed by atoms with Gasteiger partial charge in [-0.2, -0.15) is 0 Å². The number of methoxy groups -OCH3 is 1. The van der Waals surface area contributed by atoms with Crippen LogP contribution in [0.3, 0.4) is 0 Å². The van der Waals surface area contributed by atoms with Crippen molar-refractivity contribution in [3.8, 4) is 5.75 Å². The van der Waals surface area contributed by atoms with Gasteiger partial charge in [-0.25, -0.2) is 4.39 Å². The molecule has 2 rings (SSSR count). The Hall–Kier alpha value is -0.910. The molecule has 0 aliphatic carbocycles. The highest BCUT2D eigenvalue weighted by atomic mass is 79.9. The Labute approximate surface area is 134 Å². The average molecular weight is 403 g/mol. The topological polar surface area (TPSA) is 35.2 Å². The zero-order valence-corrected chi connectivity index (χ0v) is 14.0. The van der Waals surface area contributed by atoms with Crippen molar-refractivity contribution in [1.82, 2.24) is 0 Å². The lowest BCUT2D eigenvalue weighted by Crippen LogP contribution is -2.15.